The highest BCUT2D eigenvalue weighted by Gasteiger charge is 2.35. The van der Waals surface area contributed by atoms with Crippen LogP contribution in [-0.2, 0) is 16.1 Å². The Hall–Kier alpha value is -3.73. The number of hydrazine groups is 1. The molecule has 0 saturated heterocycles. The van der Waals surface area contributed by atoms with Crippen molar-refractivity contribution >= 4 is 29.1 Å². The van der Waals surface area contributed by atoms with Crippen molar-refractivity contribution in [3.8, 4) is 0 Å². The van der Waals surface area contributed by atoms with Gasteiger partial charge in [0, 0.05) is 6.42 Å². The van der Waals surface area contributed by atoms with Crippen molar-refractivity contribution in [2.24, 2.45) is 10.8 Å². The molecule has 1 aromatic heterocycles. The Labute approximate surface area is 184 Å². The van der Waals surface area contributed by atoms with Gasteiger partial charge in [-0.15, -0.1) is 0 Å². The molecule has 1 aliphatic heterocycles. The number of hydrogen-bond donors (Lipinski definition) is 3. The highest BCUT2D eigenvalue weighted by Crippen LogP contribution is 2.24. The Kier molecular flexibility index (Phi) is 7.21. The molecule has 2 heterocycles. The fourth-order valence-electron chi connectivity index (χ4n) is 3.20. The summed E-state index contributed by atoms with van der Waals surface area (Å²) in [5.41, 5.74) is 10.3. The van der Waals surface area contributed by atoms with E-state index in [0.29, 0.717) is 18.0 Å². The first-order chi connectivity index (χ1) is 15.3. The van der Waals surface area contributed by atoms with E-state index in [9.17, 15) is 18.8 Å². The summed E-state index contributed by atoms with van der Waals surface area (Å²) in [6, 6.07) is 7.57. The number of halogens is 1. The molecule has 3 rings (SSSR count). The lowest BCUT2D eigenvalue weighted by molar-refractivity contribution is -0.119. The summed E-state index contributed by atoms with van der Waals surface area (Å²) >= 11 is 0. The number of carbonyl (C=O) groups excluding carboxylic acids is 3. The SMILES string of the molecule is CCN(CC)Cc1ccc(C(=O)NNC(=O)C2=NN(c3ccc(F)cc3)C(C(N)=O)C2)o1. The summed E-state index contributed by atoms with van der Waals surface area (Å²) in [5, 5.41) is 5.39. The molecular formula is C21H25FN6O4. The van der Waals surface area contributed by atoms with E-state index in [2.05, 4.69) is 20.9 Å². The van der Waals surface area contributed by atoms with Crippen LogP contribution >= 0.6 is 0 Å². The van der Waals surface area contributed by atoms with Gasteiger partial charge in [0.05, 0.1) is 12.2 Å². The van der Waals surface area contributed by atoms with Crippen LogP contribution in [0, 0.1) is 5.82 Å². The molecule has 0 spiro atoms. The van der Waals surface area contributed by atoms with Gasteiger partial charge in [0.15, 0.2) is 5.76 Å². The zero-order chi connectivity index (χ0) is 23.3. The Morgan fingerprint density at radius 3 is 2.41 bits per heavy atom. The molecule has 1 aliphatic rings. The largest absolute Gasteiger partial charge is 0.454 e. The lowest BCUT2D eigenvalue weighted by Gasteiger charge is -2.20. The predicted octanol–water partition coefficient (Wildman–Crippen LogP) is 1.14. The molecular weight excluding hydrogens is 419 g/mol. The van der Waals surface area contributed by atoms with Gasteiger partial charge in [-0.3, -0.25) is 35.1 Å². The molecule has 1 unspecified atom stereocenters. The predicted molar refractivity (Wildman–Crippen MR) is 115 cm³/mol. The first kappa shape index (κ1) is 22.9. The molecule has 0 aliphatic carbocycles. The van der Waals surface area contributed by atoms with Gasteiger partial charge < -0.3 is 10.2 Å². The van der Waals surface area contributed by atoms with Crippen LogP contribution in [0.25, 0.3) is 0 Å². The Balaban J connectivity index is 1.62. The number of carbonyl (C=O) groups is 3. The number of rotatable bonds is 8. The van der Waals surface area contributed by atoms with Crippen LogP contribution in [0.4, 0.5) is 10.1 Å². The Morgan fingerprint density at radius 1 is 1.12 bits per heavy atom. The number of furan rings is 1. The van der Waals surface area contributed by atoms with Crippen molar-refractivity contribution in [3.63, 3.8) is 0 Å². The smallest absolute Gasteiger partial charge is 0.305 e. The minimum atomic E-state index is -0.912. The van der Waals surface area contributed by atoms with Gasteiger partial charge in [0.25, 0.3) is 5.91 Å². The van der Waals surface area contributed by atoms with Gasteiger partial charge in [0.2, 0.25) is 5.91 Å². The number of anilines is 1. The number of amides is 3. The molecule has 3 amide bonds. The summed E-state index contributed by atoms with van der Waals surface area (Å²) in [7, 11) is 0. The van der Waals surface area contributed by atoms with E-state index in [0.717, 1.165) is 13.1 Å². The summed E-state index contributed by atoms with van der Waals surface area (Å²) in [6.07, 6.45) is -0.0663. The maximum atomic E-state index is 13.2. The number of primary amides is 1. The molecule has 11 heteroatoms. The lowest BCUT2D eigenvalue weighted by Crippen LogP contribution is -2.45. The standard InChI is InChI=1S/C21H25FN6O4/c1-3-27(4-2)12-15-9-10-18(32-15)21(31)25-24-20(30)16-11-17(19(23)29)28(26-16)14-7-5-13(22)6-8-14/h5-10,17H,3-4,11-12H2,1-2H3,(H2,23,29)(H,24,30)(H,25,31). The Bertz CT molecular complexity index is 1020. The third kappa shape index (κ3) is 5.30. The van der Waals surface area contributed by atoms with Crippen molar-refractivity contribution in [2.45, 2.75) is 32.9 Å². The van der Waals surface area contributed by atoms with Crippen LogP contribution in [0.15, 0.2) is 45.9 Å². The van der Waals surface area contributed by atoms with E-state index >= 15 is 0 Å². The van der Waals surface area contributed by atoms with Crippen LogP contribution in [0.2, 0.25) is 0 Å². The number of nitrogens with two attached hydrogens (primary N) is 1. The van der Waals surface area contributed by atoms with Crippen LogP contribution in [-0.4, -0.2) is 47.5 Å². The van der Waals surface area contributed by atoms with Gasteiger partial charge in [-0.05, 0) is 49.5 Å². The minimum absolute atomic E-state index is 0.0138. The molecule has 170 valence electrons. The summed E-state index contributed by atoms with van der Waals surface area (Å²) < 4.78 is 18.7. The average molecular weight is 444 g/mol. The summed E-state index contributed by atoms with van der Waals surface area (Å²) in [6.45, 7) is 6.32. The van der Waals surface area contributed by atoms with Crippen molar-refractivity contribution in [3.05, 3.63) is 53.7 Å². The third-order valence-corrected chi connectivity index (χ3v) is 5.04. The van der Waals surface area contributed by atoms with Crippen LogP contribution in [0.3, 0.4) is 0 Å². The van der Waals surface area contributed by atoms with Crippen molar-refractivity contribution in [1.82, 2.24) is 15.8 Å². The molecule has 4 N–H and O–H groups in total. The third-order valence-electron chi connectivity index (χ3n) is 5.04. The molecule has 1 aromatic carbocycles. The highest BCUT2D eigenvalue weighted by molar-refractivity contribution is 6.40. The second kappa shape index (κ2) is 10.1. The first-order valence-electron chi connectivity index (χ1n) is 10.2. The number of nitrogens with zero attached hydrogens (tertiary/aromatic N) is 3. The van der Waals surface area contributed by atoms with E-state index in [1.54, 1.807) is 6.07 Å². The van der Waals surface area contributed by atoms with Crippen molar-refractivity contribution in [1.29, 1.82) is 0 Å². The fourth-order valence-corrected chi connectivity index (χ4v) is 3.20. The van der Waals surface area contributed by atoms with E-state index < -0.39 is 29.6 Å². The van der Waals surface area contributed by atoms with Gasteiger partial charge in [-0.2, -0.15) is 5.10 Å². The van der Waals surface area contributed by atoms with E-state index in [-0.39, 0.29) is 17.9 Å². The van der Waals surface area contributed by atoms with Gasteiger partial charge in [-0.25, -0.2) is 4.39 Å². The molecule has 32 heavy (non-hydrogen) atoms. The molecule has 2 aromatic rings. The molecule has 0 fully saturated rings. The molecule has 0 bridgehead atoms. The quantitative estimate of drug-likeness (QED) is 0.523. The van der Waals surface area contributed by atoms with Crippen molar-refractivity contribution in [2.75, 3.05) is 18.1 Å². The zero-order valence-electron chi connectivity index (χ0n) is 17.8. The minimum Gasteiger partial charge on any atom is -0.454 e. The first-order valence-corrected chi connectivity index (χ1v) is 10.2. The molecule has 10 nitrogen and oxygen atoms in total. The van der Waals surface area contributed by atoms with Crippen LogP contribution in [0.5, 0.6) is 0 Å². The highest BCUT2D eigenvalue weighted by atomic mass is 19.1. The number of benzene rings is 1. The number of nitrogens with one attached hydrogen (secondary N) is 2. The normalized spacial score (nSPS) is 15.6. The molecule has 0 saturated carbocycles. The average Bonchev–Trinajstić information content (AvgIpc) is 3.44. The van der Waals surface area contributed by atoms with Gasteiger partial charge >= 0.3 is 5.91 Å². The summed E-state index contributed by atoms with van der Waals surface area (Å²) in [5.74, 6) is -1.81. The van der Waals surface area contributed by atoms with Crippen LogP contribution in [0.1, 0.15) is 36.6 Å². The number of hydrogen-bond acceptors (Lipinski definition) is 7. The fraction of sp³-hybridized carbons (Fsp3) is 0.333. The topological polar surface area (TPSA) is 133 Å². The van der Waals surface area contributed by atoms with E-state index in [4.69, 9.17) is 10.2 Å². The lowest BCUT2D eigenvalue weighted by atomic mass is 10.1. The van der Waals surface area contributed by atoms with E-state index in [1.807, 2.05) is 13.8 Å². The van der Waals surface area contributed by atoms with Crippen molar-refractivity contribution < 1.29 is 23.2 Å². The maximum absolute atomic E-state index is 13.2. The molecule has 1 atom stereocenters. The number of hydrazone groups is 1. The van der Waals surface area contributed by atoms with Crippen LogP contribution < -0.4 is 21.6 Å². The zero-order valence-corrected chi connectivity index (χ0v) is 17.8. The maximum Gasteiger partial charge on any atom is 0.305 e. The Morgan fingerprint density at radius 2 is 1.78 bits per heavy atom. The van der Waals surface area contributed by atoms with Gasteiger partial charge in [-0.1, -0.05) is 13.8 Å². The van der Waals surface area contributed by atoms with Gasteiger partial charge in [0.1, 0.15) is 23.3 Å². The van der Waals surface area contributed by atoms with E-state index in [1.165, 1.54) is 35.3 Å². The second-order valence-corrected chi connectivity index (χ2v) is 7.13. The second-order valence-electron chi connectivity index (χ2n) is 7.13. The monoisotopic (exact) mass is 444 g/mol. The summed E-state index contributed by atoms with van der Waals surface area (Å²) in [4.78, 5) is 38.7. The molecule has 0 radical (unpaired) electrons.